The van der Waals surface area contributed by atoms with Crippen LogP contribution in [0.5, 0.6) is 11.5 Å². The van der Waals surface area contributed by atoms with Gasteiger partial charge in [0.1, 0.15) is 11.3 Å². The molecule has 0 bridgehead atoms. The normalized spacial score (nSPS) is 29.2. The summed E-state index contributed by atoms with van der Waals surface area (Å²) >= 11 is 0. The summed E-state index contributed by atoms with van der Waals surface area (Å²) in [6.45, 7) is 4.95. The number of methoxy groups -OCH3 is 2. The Bertz CT molecular complexity index is 1130. The number of nitrogens with one attached hydrogen (secondary N) is 1. The van der Waals surface area contributed by atoms with Crippen LogP contribution in [0.2, 0.25) is 0 Å². The van der Waals surface area contributed by atoms with Crippen LogP contribution in [0.1, 0.15) is 56.6 Å². The van der Waals surface area contributed by atoms with Gasteiger partial charge in [-0.25, -0.2) is 4.79 Å². The summed E-state index contributed by atoms with van der Waals surface area (Å²) in [4.78, 5) is 27.2. The summed E-state index contributed by atoms with van der Waals surface area (Å²) in [5.74, 6) is -0.221. The average molecular weight is 519 g/mol. The topological polar surface area (TPSA) is 125 Å². The number of benzene rings is 1. The lowest BCUT2D eigenvalue weighted by atomic mass is 9.77. The Balaban J connectivity index is 1.56. The first-order valence-corrected chi connectivity index (χ1v) is 12.8. The van der Waals surface area contributed by atoms with Crippen molar-refractivity contribution >= 4 is 11.9 Å². The van der Waals surface area contributed by atoms with Crippen LogP contribution >= 0.6 is 0 Å². The van der Waals surface area contributed by atoms with E-state index in [0.29, 0.717) is 17.3 Å². The van der Waals surface area contributed by atoms with Crippen molar-refractivity contribution in [3.63, 3.8) is 0 Å². The number of esters is 2. The molecule has 1 spiro atoms. The van der Waals surface area contributed by atoms with E-state index in [2.05, 4.69) is 6.08 Å². The number of hydrogen-bond donors (Lipinski definition) is 3. The highest BCUT2D eigenvalue weighted by Gasteiger charge is 2.62. The van der Waals surface area contributed by atoms with Crippen molar-refractivity contribution in [1.29, 1.82) is 0 Å². The molecule has 1 fully saturated rings. The Hall–Kier alpha value is -2.82. The fraction of sp³-hybridized carbons (Fsp3) is 0.630. The van der Waals surface area contributed by atoms with Crippen LogP contribution < -0.4 is 14.4 Å². The first-order valence-electron chi connectivity index (χ1n) is 12.8. The number of aliphatic hydroxyl groups is 2. The number of carbonyl (C=O) groups is 2. The molecule has 10 heteroatoms. The Labute approximate surface area is 216 Å². The highest BCUT2D eigenvalue weighted by Crippen LogP contribution is 2.50. The third-order valence-electron chi connectivity index (χ3n) is 8.17. The van der Waals surface area contributed by atoms with Gasteiger partial charge in [-0.1, -0.05) is 0 Å². The molecule has 4 aliphatic rings. The minimum Gasteiger partial charge on any atom is -0.497 e. The van der Waals surface area contributed by atoms with Crippen molar-refractivity contribution in [2.45, 2.75) is 74.7 Å². The van der Waals surface area contributed by atoms with Crippen molar-refractivity contribution in [2.24, 2.45) is 0 Å². The van der Waals surface area contributed by atoms with E-state index in [4.69, 9.17) is 23.7 Å². The molecule has 5 atom stereocenters. The standard InChI is InChI=1S/C27H35NO9/c1-25(2,31)14-27(32,13-21(29)34-4)24(30)37-23-20(33-3)12-26-7-5-8-28(26)9-6-16-10-18-19(36-15-35-18)11-17(16)22(23)26/h10-12,22-23,31-32H,5-9,13-15H2,1-4H3/p+1. The van der Waals surface area contributed by atoms with Crippen LogP contribution in [0.3, 0.4) is 0 Å². The highest BCUT2D eigenvalue weighted by molar-refractivity contribution is 5.86. The van der Waals surface area contributed by atoms with E-state index in [9.17, 15) is 19.8 Å². The van der Waals surface area contributed by atoms with Gasteiger partial charge < -0.3 is 38.8 Å². The van der Waals surface area contributed by atoms with E-state index < -0.39 is 42.1 Å². The van der Waals surface area contributed by atoms with Gasteiger partial charge in [0, 0.05) is 31.8 Å². The van der Waals surface area contributed by atoms with Gasteiger partial charge in [-0.05, 0) is 37.1 Å². The van der Waals surface area contributed by atoms with Crippen LogP contribution in [0.25, 0.3) is 0 Å². The summed E-state index contributed by atoms with van der Waals surface area (Å²) in [5.41, 5.74) is -1.99. The maximum Gasteiger partial charge on any atom is 0.339 e. The first-order chi connectivity index (χ1) is 17.5. The number of fused-ring (bicyclic) bond motifs is 3. The lowest BCUT2D eigenvalue weighted by Crippen LogP contribution is -3.18. The molecule has 3 heterocycles. The SMILES string of the molecule is COC(=O)CC(O)(CC(C)(C)O)C(=O)OC1C(OC)=CC23CCC[NH+]2CCc2cc4c(cc2C13)OCO4. The molecule has 1 saturated heterocycles. The molecule has 3 N–H and O–H groups in total. The molecule has 0 radical (unpaired) electrons. The van der Waals surface area contributed by atoms with E-state index >= 15 is 0 Å². The number of hydrogen-bond acceptors (Lipinski definition) is 9. The van der Waals surface area contributed by atoms with Gasteiger partial charge in [0.2, 0.25) is 6.79 Å². The summed E-state index contributed by atoms with van der Waals surface area (Å²) < 4.78 is 27.9. The zero-order valence-electron chi connectivity index (χ0n) is 21.8. The minimum absolute atomic E-state index is 0.156. The third kappa shape index (κ3) is 4.45. The molecule has 10 nitrogen and oxygen atoms in total. The monoisotopic (exact) mass is 518 g/mol. The van der Waals surface area contributed by atoms with Crippen molar-refractivity contribution in [3.8, 4) is 11.5 Å². The van der Waals surface area contributed by atoms with Crippen molar-refractivity contribution in [3.05, 3.63) is 35.1 Å². The second-order valence-corrected chi connectivity index (χ2v) is 11.2. The van der Waals surface area contributed by atoms with Gasteiger partial charge in [-0.3, -0.25) is 4.79 Å². The summed E-state index contributed by atoms with van der Waals surface area (Å²) in [6.07, 6.45) is 2.94. The number of quaternary nitrogens is 1. The zero-order chi connectivity index (χ0) is 26.6. The van der Waals surface area contributed by atoms with Gasteiger partial charge in [0.05, 0.1) is 45.2 Å². The second-order valence-electron chi connectivity index (χ2n) is 11.2. The molecule has 202 valence electrons. The maximum atomic E-state index is 13.6. The fourth-order valence-corrected chi connectivity index (χ4v) is 6.76. The molecular weight excluding hydrogens is 482 g/mol. The molecule has 5 unspecified atom stereocenters. The third-order valence-corrected chi connectivity index (χ3v) is 8.17. The first kappa shape index (κ1) is 25.8. The summed E-state index contributed by atoms with van der Waals surface area (Å²) in [7, 11) is 2.72. The van der Waals surface area contributed by atoms with Gasteiger partial charge in [-0.15, -0.1) is 0 Å². The van der Waals surface area contributed by atoms with Crippen molar-refractivity contribution < 1.29 is 48.4 Å². The Morgan fingerprint density at radius 3 is 2.57 bits per heavy atom. The van der Waals surface area contributed by atoms with Gasteiger partial charge in [0.15, 0.2) is 23.2 Å². The Morgan fingerprint density at radius 2 is 1.89 bits per heavy atom. The predicted molar refractivity (Wildman–Crippen MR) is 129 cm³/mol. The van der Waals surface area contributed by atoms with Crippen LogP contribution in [0.15, 0.2) is 24.0 Å². The van der Waals surface area contributed by atoms with E-state index in [1.165, 1.54) is 25.9 Å². The molecule has 0 aromatic heterocycles. The smallest absolute Gasteiger partial charge is 0.339 e. The van der Waals surface area contributed by atoms with Crippen LogP contribution in [0, 0.1) is 0 Å². The number of carbonyl (C=O) groups excluding carboxylic acids is 2. The summed E-state index contributed by atoms with van der Waals surface area (Å²) in [6, 6.07) is 3.99. The van der Waals surface area contributed by atoms with Crippen molar-refractivity contribution in [2.75, 3.05) is 34.1 Å². The molecule has 3 aliphatic heterocycles. The molecule has 37 heavy (non-hydrogen) atoms. The second kappa shape index (κ2) is 9.18. The molecule has 0 amide bonds. The van der Waals surface area contributed by atoms with E-state index in [-0.39, 0.29) is 18.2 Å². The quantitative estimate of drug-likeness (QED) is 0.440. The van der Waals surface area contributed by atoms with Crippen LogP contribution in [-0.4, -0.2) is 79.1 Å². The Kier molecular flexibility index (Phi) is 6.40. The molecule has 5 rings (SSSR count). The van der Waals surface area contributed by atoms with Crippen LogP contribution in [-0.2, 0) is 30.2 Å². The van der Waals surface area contributed by atoms with E-state index in [1.54, 1.807) is 7.11 Å². The molecule has 1 aliphatic carbocycles. The molecular formula is C27H36NO9+. The molecule has 1 aromatic rings. The Morgan fingerprint density at radius 1 is 1.16 bits per heavy atom. The fourth-order valence-electron chi connectivity index (χ4n) is 6.76. The lowest BCUT2D eigenvalue weighted by molar-refractivity contribution is -0.932. The number of ether oxygens (including phenoxy) is 5. The molecule has 1 aromatic carbocycles. The highest BCUT2D eigenvalue weighted by atomic mass is 16.7. The van der Waals surface area contributed by atoms with Crippen molar-refractivity contribution in [1.82, 2.24) is 0 Å². The summed E-state index contributed by atoms with van der Waals surface area (Å²) in [5, 5.41) is 21.8. The van der Waals surface area contributed by atoms with E-state index in [0.717, 1.165) is 43.5 Å². The predicted octanol–water partition coefficient (Wildman–Crippen LogP) is 0.383. The van der Waals surface area contributed by atoms with E-state index in [1.807, 2.05) is 12.1 Å². The molecule has 0 saturated carbocycles. The minimum atomic E-state index is -2.29. The average Bonchev–Trinajstić information content (AvgIpc) is 3.51. The number of rotatable bonds is 7. The van der Waals surface area contributed by atoms with Gasteiger partial charge in [0.25, 0.3) is 0 Å². The lowest BCUT2D eigenvalue weighted by Gasteiger charge is -2.37. The van der Waals surface area contributed by atoms with Gasteiger partial charge in [-0.2, -0.15) is 0 Å². The van der Waals surface area contributed by atoms with Gasteiger partial charge >= 0.3 is 11.9 Å². The maximum absolute atomic E-state index is 13.6. The zero-order valence-corrected chi connectivity index (χ0v) is 21.8. The largest absolute Gasteiger partial charge is 0.497 e. The van der Waals surface area contributed by atoms with Crippen LogP contribution in [0.4, 0.5) is 0 Å².